The first kappa shape index (κ1) is 13.5. The highest BCUT2D eigenvalue weighted by atomic mass is 16.6. The van der Waals surface area contributed by atoms with Gasteiger partial charge in [0.25, 0.3) is 5.69 Å². The van der Waals surface area contributed by atoms with E-state index in [-0.39, 0.29) is 23.5 Å². The molecule has 1 aromatic heterocycles. The third-order valence-electron chi connectivity index (χ3n) is 2.58. The van der Waals surface area contributed by atoms with Gasteiger partial charge < -0.3 is 14.9 Å². The van der Waals surface area contributed by atoms with Crippen molar-refractivity contribution in [2.75, 3.05) is 5.32 Å². The molecule has 0 aliphatic carbocycles. The number of benzene rings is 1. The first-order valence-electron chi connectivity index (χ1n) is 5.65. The highest BCUT2D eigenvalue weighted by Crippen LogP contribution is 2.22. The SMILES string of the molecule is Cc1cc(CNc2ccc([N+](=O)[O-])cc2C(=O)O)no1. The molecule has 2 N–H and O–H groups in total. The molecule has 8 nitrogen and oxygen atoms in total. The molecule has 2 aromatic rings. The molecule has 8 heteroatoms. The minimum atomic E-state index is -1.24. The smallest absolute Gasteiger partial charge is 0.338 e. The van der Waals surface area contributed by atoms with E-state index in [1.165, 1.54) is 12.1 Å². The Kier molecular flexibility index (Phi) is 3.65. The fraction of sp³-hybridized carbons (Fsp3) is 0.167. The van der Waals surface area contributed by atoms with Crippen LogP contribution in [0.1, 0.15) is 21.8 Å². The van der Waals surface area contributed by atoms with Crippen LogP contribution in [0.15, 0.2) is 28.8 Å². The zero-order valence-electron chi connectivity index (χ0n) is 10.5. The van der Waals surface area contributed by atoms with Crippen molar-refractivity contribution in [1.82, 2.24) is 5.16 Å². The van der Waals surface area contributed by atoms with Crippen molar-refractivity contribution in [3.05, 3.63) is 51.4 Å². The van der Waals surface area contributed by atoms with Gasteiger partial charge in [-0.1, -0.05) is 5.16 Å². The van der Waals surface area contributed by atoms with E-state index in [0.29, 0.717) is 11.5 Å². The number of carboxylic acids is 1. The van der Waals surface area contributed by atoms with E-state index in [4.69, 9.17) is 9.63 Å². The second-order valence-corrected chi connectivity index (χ2v) is 4.07. The lowest BCUT2D eigenvalue weighted by atomic mass is 10.1. The average Bonchev–Trinajstić information content (AvgIpc) is 2.81. The van der Waals surface area contributed by atoms with E-state index >= 15 is 0 Å². The van der Waals surface area contributed by atoms with E-state index in [2.05, 4.69) is 10.5 Å². The highest BCUT2D eigenvalue weighted by Gasteiger charge is 2.16. The Hall–Kier alpha value is -2.90. The van der Waals surface area contributed by atoms with E-state index < -0.39 is 10.9 Å². The molecule has 0 amide bonds. The van der Waals surface area contributed by atoms with E-state index in [0.717, 1.165) is 6.07 Å². The molecule has 0 aliphatic rings. The standard InChI is InChI=1S/C12H11N3O5/c1-7-4-8(14-20-7)6-13-11-3-2-9(15(18)19)5-10(11)12(16)17/h2-5,13H,6H2,1H3,(H,16,17). The summed E-state index contributed by atoms with van der Waals surface area (Å²) in [6.07, 6.45) is 0. The van der Waals surface area contributed by atoms with Crippen LogP contribution in [0, 0.1) is 17.0 Å². The minimum absolute atomic E-state index is 0.167. The number of anilines is 1. The van der Waals surface area contributed by atoms with Gasteiger partial charge in [-0.2, -0.15) is 0 Å². The normalized spacial score (nSPS) is 10.2. The molecule has 0 unspecified atom stereocenters. The Morgan fingerprint density at radius 2 is 2.25 bits per heavy atom. The third-order valence-corrected chi connectivity index (χ3v) is 2.58. The quantitative estimate of drug-likeness (QED) is 0.635. The van der Waals surface area contributed by atoms with Crippen molar-refractivity contribution in [2.24, 2.45) is 0 Å². The molecule has 0 atom stereocenters. The molecule has 0 radical (unpaired) electrons. The molecule has 104 valence electrons. The Morgan fingerprint density at radius 3 is 2.80 bits per heavy atom. The summed E-state index contributed by atoms with van der Waals surface area (Å²) in [5.74, 6) is -0.600. The van der Waals surface area contributed by atoms with Crippen LogP contribution in [0.5, 0.6) is 0 Å². The van der Waals surface area contributed by atoms with Crippen molar-refractivity contribution in [3.8, 4) is 0 Å². The molecule has 1 aromatic carbocycles. The second kappa shape index (κ2) is 5.39. The van der Waals surface area contributed by atoms with E-state index in [1.807, 2.05) is 0 Å². The third kappa shape index (κ3) is 2.91. The molecule has 0 bridgehead atoms. The zero-order chi connectivity index (χ0) is 14.7. The summed E-state index contributed by atoms with van der Waals surface area (Å²) in [7, 11) is 0. The Bertz CT molecular complexity index is 665. The molecule has 0 saturated carbocycles. The number of carbonyl (C=O) groups is 1. The van der Waals surface area contributed by atoms with Gasteiger partial charge >= 0.3 is 5.97 Å². The van der Waals surface area contributed by atoms with Gasteiger partial charge in [0.15, 0.2) is 0 Å². The maximum atomic E-state index is 11.1. The number of non-ortho nitro benzene ring substituents is 1. The lowest BCUT2D eigenvalue weighted by Crippen LogP contribution is -2.07. The summed E-state index contributed by atoms with van der Waals surface area (Å²) < 4.78 is 4.89. The number of hydrogen-bond acceptors (Lipinski definition) is 6. The molecule has 0 aliphatic heterocycles. The summed E-state index contributed by atoms with van der Waals surface area (Å²) in [4.78, 5) is 21.1. The highest BCUT2D eigenvalue weighted by molar-refractivity contribution is 5.95. The largest absolute Gasteiger partial charge is 0.478 e. The molecule has 1 heterocycles. The predicted octanol–water partition coefficient (Wildman–Crippen LogP) is 2.20. The number of aromatic nitrogens is 1. The number of rotatable bonds is 5. The van der Waals surface area contributed by atoms with E-state index in [1.54, 1.807) is 13.0 Å². The van der Waals surface area contributed by atoms with Crippen LogP contribution >= 0.6 is 0 Å². The van der Waals surface area contributed by atoms with Crippen LogP contribution in [0.2, 0.25) is 0 Å². The first-order chi connectivity index (χ1) is 9.47. The maximum Gasteiger partial charge on any atom is 0.338 e. The monoisotopic (exact) mass is 277 g/mol. The summed E-state index contributed by atoms with van der Waals surface area (Å²) in [6, 6.07) is 5.31. The summed E-state index contributed by atoms with van der Waals surface area (Å²) in [5.41, 5.74) is 0.450. The number of nitrogens with one attached hydrogen (secondary N) is 1. The Morgan fingerprint density at radius 1 is 1.50 bits per heavy atom. The van der Waals surface area contributed by atoms with Crippen LogP contribution in [0.25, 0.3) is 0 Å². The van der Waals surface area contributed by atoms with Gasteiger partial charge in [0.1, 0.15) is 11.5 Å². The van der Waals surface area contributed by atoms with Gasteiger partial charge in [-0.3, -0.25) is 10.1 Å². The molecular weight excluding hydrogens is 266 g/mol. The van der Waals surface area contributed by atoms with Crippen molar-refractivity contribution < 1.29 is 19.3 Å². The topological polar surface area (TPSA) is 119 Å². The molecule has 0 saturated heterocycles. The summed E-state index contributed by atoms with van der Waals surface area (Å²) in [6.45, 7) is 2.00. The van der Waals surface area contributed by atoms with Crippen LogP contribution in [0.3, 0.4) is 0 Å². The van der Waals surface area contributed by atoms with Crippen LogP contribution < -0.4 is 5.32 Å². The molecule has 0 fully saturated rings. The zero-order valence-corrected chi connectivity index (χ0v) is 10.5. The number of nitro groups is 1. The molecule has 2 rings (SSSR count). The molecule has 20 heavy (non-hydrogen) atoms. The summed E-state index contributed by atoms with van der Waals surface area (Å²) >= 11 is 0. The molecule has 0 spiro atoms. The van der Waals surface area contributed by atoms with Crippen molar-refractivity contribution in [3.63, 3.8) is 0 Å². The fourth-order valence-corrected chi connectivity index (χ4v) is 1.66. The first-order valence-corrected chi connectivity index (χ1v) is 5.65. The van der Waals surface area contributed by atoms with Crippen LogP contribution in [-0.2, 0) is 6.54 Å². The second-order valence-electron chi connectivity index (χ2n) is 4.07. The van der Waals surface area contributed by atoms with Crippen molar-refractivity contribution >= 4 is 17.3 Å². The number of carboxylic acid groups (broad SMARTS) is 1. The fourth-order valence-electron chi connectivity index (χ4n) is 1.66. The van der Waals surface area contributed by atoms with Gasteiger partial charge in [-0.15, -0.1) is 0 Å². The van der Waals surface area contributed by atoms with Gasteiger partial charge in [0.2, 0.25) is 0 Å². The van der Waals surface area contributed by atoms with Crippen molar-refractivity contribution in [2.45, 2.75) is 13.5 Å². The van der Waals surface area contributed by atoms with Gasteiger partial charge in [0.05, 0.1) is 17.0 Å². The number of nitro benzene ring substituents is 1. The number of aromatic carboxylic acids is 1. The maximum absolute atomic E-state index is 11.1. The lowest BCUT2D eigenvalue weighted by Gasteiger charge is -2.07. The number of aryl methyl sites for hydroxylation is 1. The van der Waals surface area contributed by atoms with Gasteiger partial charge in [0, 0.05) is 23.9 Å². The number of hydrogen-bond donors (Lipinski definition) is 2. The predicted molar refractivity (Wildman–Crippen MR) is 68.6 cm³/mol. The average molecular weight is 277 g/mol. The van der Waals surface area contributed by atoms with Crippen molar-refractivity contribution in [1.29, 1.82) is 0 Å². The lowest BCUT2D eigenvalue weighted by molar-refractivity contribution is -0.384. The van der Waals surface area contributed by atoms with Gasteiger partial charge in [-0.25, -0.2) is 4.79 Å². The summed E-state index contributed by atoms with van der Waals surface area (Å²) in [5, 5.41) is 26.3. The Balaban J connectivity index is 2.22. The Labute approximate surface area is 113 Å². The number of nitrogens with zero attached hydrogens (tertiary/aromatic N) is 2. The minimum Gasteiger partial charge on any atom is -0.478 e. The van der Waals surface area contributed by atoms with Crippen LogP contribution in [0.4, 0.5) is 11.4 Å². The molecular formula is C12H11N3O5. The van der Waals surface area contributed by atoms with Gasteiger partial charge in [-0.05, 0) is 13.0 Å². The van der Waals surface area contributed by atoms with Crippen LogP contribution in [-0.4, -0.2) is 21.2 Å². The van der Waals surface area contributed by atoms with E-state index in [9.17, 15) is 14.9 Å².